The molecule has 2 atom stereocenters. The Hall–Kier alpha value is -1.22. The van der Waals surface area contributed by atoms with Crippen LogP contribution in [0.4, 0.5) is 0 Å². The van der Waals surface area contributed by atoms with Crippen LogP contribution in [0, 0.1) is 11.8 Å². The van der Waals surface area contributed by atoms with Crippen molar-refractivity contribution in [1.82, 2.24) is 5.32 Å². The quantitative estimate of drug-likeness (QED) is 0.883. The van der Waals surface area contributed by atoms with Crippen LogP contribution < -0.4 is 14.8 Å². The summed E-state index contributed by atoms with van der Waals surface area (Å²) in [6, 6.07) is 6.62. The van der Waals surface area contributed by atoms with Crippen molar-refractivity contribution in [3.05, 3.63) is 23.8 Å². The van der Waals surface area contributed by atoms with Gasteiger partial charge in [-0.1, -0.05) is 13.0 Å². The summed E-state index contributed by atoms with van der Waals surface area (Å²) in [6.45, 7) is 6.96. The Morgan fingerprint density at radius 3 is 2.63 bits per heavy atom. The molecular formula is C16H23NO2. The summed E-state index contributed by atoms with van der Waals surface area (Å²) in [4.78, 5) is 0. The molecule has 2 aliphatic rings. The largest absolute Gasteiger partial charge is 0.486 e. The monoisotopic (exact) mass is 261 g/mol. The SMILES string of the molecule is CC(NCC(C)C1CC1)c1ccc2c(c1)OCCO2. The number of nitrogens with one attached hydrogen (secondary N) is 1. The predicted octanol–water partition coefficient (Wildman–Crippen LogP) is 3.15. The van der Waals surface area contributed by atoms with E-state index in [0.717, 1.165) is 29.9 Å². The molecule has 1 fully saturated rings. The van der Waals surface area contributed by atoms with Gasteiger partial charge >= 0.3 is 0 Å². The summed E-state index contributed by atoms with van der Waals surface area (Å²) in [6.07, 6.45) is 2.84. The Morgan fingerprint density at radius 2 is 1.89 bits per heavy atom. The summed E-state index contributed by atoms with van der Waals surface area (Å²) in [7, 11) is 0. The molecule has 0 amide bonds. The van der Waals surface area contributed by atoms with Gasteiger partial charge in [0.15, 0.2) is 11.5 Å². The lowest BCUT2D eigenvalue weighted by Gasteiger charge is -2.22. The lowest BCUT2D eigenvalue weighted by molar-refractivity contribution is 0.171. The van der Waals surface area contributed by atoms with Crippen LogP contribution in [-0.2, 0) is 0 Å². The van der Waals surface area contributed by atoms with E-state index >= 15 is 0 Å². The molecule has 0 bridgehead atoms. The fraction of sp³-hybridized carbons (Fsp3) is 0.625. The molecule has 3 heteroatoms. The van der Waals surface area contributed by atoms with Crippen LogP contribution in [-0.4, -0.2) is 19.8 Å². The van der Waals surface area contributed by atoms with Crippen LogP contribution in [0.2, 0.25) is 0 Å². The van der Waals surface area contributed by atoms with E-state index in [1.807, 2.05) is 6.07 Å². The van der Waals surface area contributed by atoms with E-state index in [1.165, 1.54) is 18.4 Å². The van der Waals surface area contributed by atoms with Crippen LogP contribution in [0.5, 0.6) is 11.5 Å². The topological polar surface area (TPSA) is 30.5 Å². The molecule has 3 rings (SSSR count). The van der Waals surface area contributed by atoms with E-state index in [-0.39, 0.29) is 0 Å². The van der Waals surface area contributed by atoms with Crippen LogP contribution in [0.1, 0.15) is 38.3 Å². The highest BCUT2D eigenvalue weighted by molar-refractivity contribution is 5.44. The van der Waals surface area contributed by atoms with Gasteiger partial charge in [-0.15, -0.1) is 0 Å². The van der Waals surface area contributed by atoms with Gasteiger partial charge in [0.2, 0.25) is 0 Å². The highest BCUT2D eigenvalue weighted by Gasteiger charge is 2.27. The van der Waals surface area contributed by atoms with Gasteiger partial charge in [-0.3, -0.25) is 0 Å². The van der Waals surface area contributed by atoms with Crippen molar-refractivity contribution in [2.24, 2.45) is 11.8 Å². The fourth-order valence-electron chi connectivity index (χ4n) is 2.64. The van der Waals surface area contributed by atoms with Crippen molar-refractivity contribution in [2.45, 2.75) is 32.7 Å². The highest BCUT2D eigenvalue weighted by atomic mass is 16.6. The summed E-state index contributed by atoms with van der Waals surface area (Å²) in [5.41, 5.74) is 1.27. The van der Waals surface area contributed by atoms with Crippen molar-refractivity contribution >= 4 is 0 Å². The molecule has 1 aromatic rings. The zero-order chi connectivity index (χ0) is 13.2. The fourth-order valence-corrected chi connectivity index (χ4v) is 2.64. The standard InChI is InChI=1S/C16H23NO2/c1-11(13-3-4-13)10-17-12(2)14-5-6-15-16(9-14)19-8-7-18-15/h5-6,9,11-13,17H,3-4,7-8,10H2,1-2H3. The molecule has 0 saturated heterocycles. The molecule has 1 N–H and O–H groups in total. The van der Waals surface area contributed by atoms with Gasteiger partial charge in [0.25, 0.3) is 0 Å². The van der Waals surface area contributed by atoms with Crippen molar-refractivity contribution in [2.75, 3.05) is 19.8 Å². The maximum atomic E-state index is 5.64. The number of fused-ring (bicyclic) bond motifs is 1. The Morgan fingerprint density at radius 1 is 1.16 bits per heavy atom. The van der Waals surface area contributed by atoms with Crippen molar-refractivity contribution < 1.29 is 9.47 Å². The third kappa shape index (κ3) is 3.03. The lowest BCUT2D eigenvalue weighted by Crippen LogP contribution is -2.25. The molecule has 0 spiro atoms. The van der Waals surface area contributed by atoms with Crippen molar-refractivity contribution in [1.29, 1.82) is 0 Å². The predicted molar refractivity (Wildman–Crippen MR) is 75.7 cm³/mol. The zero-order valence-electron chi connectivity index (χ0n) is 11.8. The van der Waals surface area contributed by atoms with E-state index < -0.39 is 0 Å². The van der Waals surface area contributed by atoms with Gasteiger partial charge < -0.3 is 14.8 Å². The molecule has 0 radical (unpaired) electrons. The van der Waals surface area contributed by atoms with Crippen LogP contribution in [0.25, 0.3) is 0 Å². The van der Waals surface area contributed by atoms with Crippen LogP contribution in [0.15, 0.2) is 18.2 Å². The van der Waals surface area contributed by atoms with E-state index in [4.69, 9.17) is 9.47 Å². The first-order valence-electron chi connectivity index (χ1n) is 7.37. The summed E-state index contributed by atoms with van der Waals surface area (Å²) in [5, 5.41) is 3.63. The number of hydrogen-bond acceptors (Lipinski definition) is 3. The Kier molecular flexibility index (Phi) is 3.65. The third-order valence-corrected chi connectivity index (χ3v) is 4.24. The second-order valence-electron chi connectivity index (χ2n) is 5.85. The van der Waals surface area contributed by atoms with Crippen molar-refractivity contribution in [3.63, 3.8) is 0 Å². The zero-order valence-corrected chi connectivity index (χ0v) is 11.8. The van der Waals surface area contributed by atoms with Gasteiger partial charge in [0.05, 0.1) is 0 Å². The molecule has 1 heterocycles. The summed E-state index contributed by atoms with van der Waals surface area (Å²) < 4.78 is 11.2. The molecule has 104 valence electrons. The third-order valence-electron chi connectivity index (χ3n) is 4.24. The van der Waals surface area contributed by atoms with Gasteiger partial charge in [0.1, 0.15) is 13.2 Å². The smallest absolute Gasteiger partial charge is 0.161 e. The van der Waals surface area contributed by atoms with Crippen LogP contribution >= 0.6 is 0 Å². The summed E-state index contributed by atoms with van der Waals surface area (Å²) in [5.74, 6) is 3.50. The second kappa shape index (κ2) is 5.41. The maximum Gasteiger partial charge on any atom is 0.161 e. The Labute approximate surface area is 115 Å². The number of ether oxygens (including phenoxy) is 2. The number of hydrogen-bond donors (Lipinski definition) is 1. The number of benzene rings is 1. The van der Waals surface area contributed by atoms with Gasteiger partial charge in [-0.05, 0) is 55.8 Å². The van der Waals surface area contributed by atoms with E-state index in [0.29, 0.717) is 19.3 Å². The van der Waals surface area contributed by atoms with Gasteiger partial charge in [-0.2, -0.15) is 0 Å². The average Bonchev–Trinajstić information content (AvgIpc) is 3.28. The van der Waals surface area contributed by atoms with Gasteiger partial charge in [-0.25, -0.2) is 0 Å². The molecule has 1 saturated carbocycles. The maximum absolute atomic E-state index is 5.64. The molecule has 1 aliphatic carbocycles. The number of rotatable bonds is 5. The first kappa shape index (κ1) is 12.8. The normalized spacial score (nSPS) is 20.9. The Balaban J connectivity index is 1.60. The average molecular weight is 261 g/mol. The summed E-state index contributed by atoms with van der Waals surface area (Å²) >= 11 is 0. The van der Waals surface area contributed by atoms with E-state index in [1.54, 1.807) is 0 Å². The van der Waals surface area contributed by atoms with E-state index in [2.05, 4.69) is 31.3 Å². The van der Waals surface area contributed by atoms with Gasteiger partial charge in [0, 0.05) is 6.04 Å². The molecule has 2 unspecified atom stereocenters. The van der Waals surface area contributed by atoms with E-state index in [9.17, 15) is 0 Å². The minimum absolute atomic E-state index is 0.358. The minimum Gasteiger partial charge on any atom is -0.486 e. The molecular weight excluding hydrogens is 238 g/mol. The molecule has 1 aliphatic heterocycles. The Bertz CT molecular complexity index is 442. The molecule has 19 heavy (non-hydrogen) atoms. The lowest BCUT2D eigenvalue weighted by atomic mass is 10.0. The molecule has 0 aromatic heterocycles. The molecule has 3 nitrogen and oxygen atoms in total. The minimum atomic E-state index is 0.358. The molecule has 1 aromatic carbocycles. The first-order chi connectivity index (χ1) is 9.24. The van der Waals surface area contributed by atoms with Crippen LogP contribution in [0.3, 0.4) is 0 Å². The first-order valence-corrected chi connectivity index (χ1v) is 7.37. The highest BCUT2D eigenvalue weighted by Crippen LogP contribution is 2.36. The van der Waals surface area contributed by atoms with Crippen molar-refractivity contribution in [3.8, 4) is 11.5 Å². The second-order valence-corrected chi connectivity index (χ2v) is 5.85.